The Balaban J connectivity index is 1.27. The average Bonchev–Trinajstić information content (AvgIpc) is 3.52. The van der Waals surface area contributed by atoms with Gasteiger partial charge >= 0.3 is 6.09 Å². The van der Waals surface area contributed by atoms with Crippen LogP contribution in [-0.2, 0) is 9.59 Å². The minimum absolute atomic E-state index is 0.0182. The van der Waals surface area contributed by atoms with Crippen molar-refractivity contribution in [2.24, 2.45) is 11.3 Å². The molecule has 38 heavy (non-hydrogen) atoms. The fraction of sp³-hybridized carbons (Fsp3) is 0.483. The van der Waals surface area contributed by atoms with E-state index < -0.39 is 18.0 Å². The van der Waals surface area contributed by atoms with Crippen molar-refractivity contribution < 1.29 is 27.9 Å². The summed E-state index contributed by atoms with van der Waals surface area (Å²) in [6, 6.07) is 10.9. The topological polar surface area (TPSA) is 70.2 Å². The third-order valence-electron chi connectivity index (χ3n) is 8.35. The second-order valence-corrected chi connectivity index (χ2v) is 11.0. The van der Waals surface area contributed by atoms with Gasteiger partial charge in [0.25, 0.3) is 0 Å². The molecule has 3 fully saturated rings. The van der Waals surface area contributed by atoms with Crippen LogP contribution in [0.2, 0.25) is 0 Å². The standard InChI is InChI=1S/C29H33F2N3O4/c1-29(13-14-29)27(36)33-15-11-20(12-16-33)26(35)34-17-24(19-3-5-21(30)6-4-19)25(18-34)32(2)28(37)38-23-9-7-22(31)8-10-23/h3-10,20,24-25H,11-18H2,1-2H3/t24-,25+/m0/s1. The molecule has 1 aliphatic carbocycles. The van der Waals surface area contributed by atoms with Crippen molar-refractivity contribution in [3.8, 4) is 5.75 Å². The van der Waals surface area contributed by atoms with Crippen LogP contribution >= 0.6 is 0 Å². The summed E-state index contributed by atoms with van der Waals surface area (Å²) in [7, 11) is 1.61. The lowest BCUT2D eigenvalue weighted by Crippen LogP contribution is -2.46. The number of carbonyl (C=O) groups is 3. The first kappa shape index (κ1) is 26.1. The number of amides is 3. The lowest BCUT2D eigenvalue weighted by Gasteiger charge is -2.34. The van der Waals surface area contributed by atoms with Crippen LogP contribution in [-0.4, -0.2) is 71.9 Å². The number of benzene rings is 2. The summed E-state index contributed by atoms with van der Waals surface area (Å²) in [6.45, 7) is 3.86. The fourth-order valence-corrected chi connectivity index (χ4v) is 5.58. The summed E-state index contributed by atoms with van der Waals surface area (Å²) in [5, 5.41) is 0. The number of nitrogens with zero attached hydrogens (tertiary/aromatic N) is 3. The molecule has 2 saturated heterocycles. The van der Waals surface area contributed by atoms with Crippen molar-refractivity contribution in [2.75, 3.05) is 33.2 Å². The summed E-state index contributed by atoms with van der Waals surface area (Å²) in [5.41, 5.74) is 0.611. The van der Waals surface area contributed by atoms with Gasteiger partial charge in [-0.3, -0.25) is 9.59 Å². The second kappa shape index (κ2) is 10.3. The second-order valence-electron chi connectivity index (χ2n) is 11.0. The zero-order valence-electron chi connectivity index (χ0n) is 21.7. The SMILES string of the molecule is CN(C(=O)Oc1ccc(F)cc1)[C@@H]1CN(C(=O)C2CCN(C(=O)C3(C)CC3)CC2)C[C@H]1c1ccc(F)cc1. The highest BCUT2D eigenvalue weighted by Gasteiger charge is 2.48. The monoisotopic (exact) mass is 525 g/mol. The van der Waals surface area contributed by atoms with Gasteiger partial charge in [-0.2, -0.15) is 0 Å². The van der Waals surface area contributed by atoms with Gasteiger partial charge in [-0.05, 0) is 67.6 Å². The number of hydrogen-bond acceptors (Lipinski definition) is 4. The van der Waals surface area contributed by atoms with Gasteiger partial charge in [0.05, 0.1) is 6.04 Å². The summed E-state index contributed by atoms with van der Waals surface area (Å²) in [5.74, 6) is -0.782. The molecule has 0 radical (unpaired) electrons. The molecule has 2 aromatic carbocycles. The average molecular weight is 526 g/mol. The Labute approximate surface area is 221 Å². The van der Waals surface area contributed by atoms with E-state index in [0.717, 1.165) is 18.4 Å². The third kappa shape index (κ3) is 5.37. The Bertz CT molecular complexity index is 1190. The summed E-state index contributed by atoms with van der Waals surface area (Å²) in [4.78, 5) is 44.4. The first-order chi connectivity index (χ1) is 18.1. The maximum atomic E-state index is 13.6. The molecule has 3 aliphatic rings. The molecule has 202 valence electrons. The van der Waals surface area contributed by atoms with Gasteiger partial charge in [-0.1, -0.05) is 19.1 Å². The number of halogens is 2. The molecule has 2 atom stereocenters. The predicted molar refractivity (Wildman–Crippen MR) is 136 cm³/mol. The first-order valence-corrected chi connectivity index (χ1v) is 13.2. The third-order valence-corrected chi connectivity index (χ3v) is 8.35. The molecule has 1 saturated carbocycles. The summed E-state index contributed by atoms with van der Waals surface area (Å²) >= 11 is 0. The highest BCUT2D eigenvalue weighted by atomic mass is 19.1. The maximum Gasteiger partial charge on any atom is 0.415 e. The molecule has 2 aliphatic heterocycles. The molecule has 7 nitrogen and oxygen atoms in total. The Morgan fingerprint density at radius 1 is 0.895 bits per heavy atom. The molecule has 5 rings (SSSR count). The first-order valence-electron chi connectivity index (χ1n) is 13.2. The number of carbonyl (C=O) groups excluding carboxylic acids is 3. The van der Waals surface area contributed by atoms with Crippen molar-refractivity contribution in [1.82, 2.24) is 14.7 Å². The molecule has 0 bridgehead atoms. The Morgan fingerprint density at radius 2 is 1.47 bits per heavy atom. The maximum absolute atomic E-state index is 13.6. The van der Waals surface area contributed by atoms with E-state index >= 15 is 0 Å². The number of ether oxygens (including phenoxy) is 1. The fourth-order valence-electron chi connectivity index (χ4n) is 5.58. The number of likely N-dealkylation sites (N-methyl/N-ethyl adjacent to an activating group) is 1. The molecule has 9 heteroatoms. The summed E-state index contributed by atoms with van der Waals surface area (Å²) in [6.07, 6.45) is 2.48. The zero-order chi connectivity index (χ0) is 27.0. The van der Waals surface area contributed by atoms with Gasteiger partial charge in [0.2, 0.25) is 11.8 Å². The number of rotatable bonds is 5. The molecule has 0 spiro atoms. The minimum atomic E-state index is -0.622. The van der Waals surface area contributed by atoms with Crippen LogP contribution in [0.1, 0.15) is 44.1 Å². The van der Waals surface area contributed by atoms with Gasteiger partial charge in [0.1, 0.15) is 17.4 Å². The van der Waals surface area contributed by atoms with Gasteiger partial charge in [0, 0.05) is 50.5 Å². The van der Waals surface area contributed by atoms with Gasteiger partial charge in [-0.15, -0.1) is 0 Å². The molecular weight excluding hydrogens is 492 g/mol. The van der Waals surface area contributed by atoms with Crippen molar-refractivity contribution in [2.45, 2.75) is 44.6 Å². The molecule has 2 heterocycles. The largest absolute Gasteiger partial charge is 0.415 e. The van der Waals surface area contributed by atoms with Crippen LogP contribution in [0.3, 0.4) is 0 Å². The molecule has 2 aromatic rings. The van der Waals surface area contributed by atoms with Crippen LogP contribution in [0.5, 0.6) is 5.75 Å². The molecule has 3 amide bonds. The Kier molecular flexibility index (Phi) is 7.11. The minimum Gasteiger partial charge on any atom is -0.410 e. The smallest absolute Gasteiger partial charge is 0.410 e. The van der Waals surface area contributed by atoms with E-state index in [9.17, 15) is 23.2 Å². The number of likely N-dealkylation sites (tertiary alicyclic amines) is 2. The lowest BCUT2D eigenvalue weighted by molar-refractivity contribution is -0.142. The van der Waals surface area contributed by atoms with E-state index in [1.54, 1.807) is 24.1 Å². The quantitative estimate of drug-likeness (QED) is 0.579. The van der Waals surface area contributed by atoms with Gasteiger partial charge in [-0.25, -0.2) is 13.6 Å². The highest BCUT2D eigenvalue weighted by molar-refractivity contribution is 5.85. The molecule has 0 N–H and O–H groups in total. The van der Waals surface area contributed by atoms with Crippen LogP contribution in [0.25, 0.3) is 0 Å². The van der Waals surface area contributed by atoms with Crippen LogP contribution in [0, 0.1) is 23.0 Å². The Hall–Kier alpha value is -3.49. The van der Waals surface area contributed by atoms with Crippen molar-refractivity contribution >= 4 is 17.9 Å². The number of piperidine rings is 1. The molecule has 0 unspecified atom stereocenters. The highest BCUT2D eigenvalue weighted by Crippen LogP contribution is 2.47. The van der Waals surface area contributed by atoms with Crippen molar-refractivity contribution in [3.63, 3.8) is 0 Å². The van der Waals surface area contributed by atoms with E-state index in [1.807, 2.05) is 11.8 Å². The van der Waals surface area contributed by atoms with E-state index in [4.69, 9.17) is 4.74 Å². The zero-order valence-corrected chi connectivity index (χ0v) is 21.7. The van der Waals surface area contributed by atoms with Crippen LogP contribution in [0.15, 0.2) is 48.5 Å². The van der Waals surface area contributed by atoms with Crippen LogP contribution in [0.4, 0.5) is 13.6 Å². The summed E-state index contributed by atoms with van der Waals surface area (Å²) < 4.78 is 32.3. The molecular formula is C29H33F2N3O4. The van der Waals surface area contributed by atoms with Gasteiger partial charge in [0.15, 0.2) is 0 Å². The van der Waals surface area contributed by atoms with E-state index in [0.29, 0.717) is 39.0 Å². The van der Waals surface area contributed by atoms with Crippen LogP contribution < -0.4 is 4.74 Å². The van der Waals surface area contributed by atoms with Crippen molar-refractivity contribution in [1.29, 1.82) is 0 Å². The van der Waals surface area contributed by atoms with E-state index in [1.165, 1.54) is 41.3 Å². The normalized spacial score (nSPS) is 22.7. The van der Waals surface area contributed by atoms with E-state index in [2.05, 4.69) is 0 Å². The number of hydrogen-bond donors (Lipinski definition) is 0. The molecule has 0 aromatic heterocycles. The lowest BCUT2D eigenvalue weighted by atomic mass is 9.93. The van der Waals surface area contributed by atoms with E-state index in [-0.39, 0.29) is 40.6 Å². The van der Waals surface area contributed by atoms with Crippen molar-refractivity contribution in [3.05, 3.63) is 65.7 Å². The predicted octanol–water partition coefficient (Wildman–Crippen LogP) is 4.43. The Morgan fingerprint density at radius 3 is 2.05 bits per heavy atom. The van der Waals surface area contributed by atoms with Gasteiger partial charge < -0.3 is 19.4 Å².